The van der Waals surface area contributed by atoms with Crippen molar-refractivity contribution in [1.29, 1.82) is 0 Å². The molecule has 0 spiro atoms. The van der Waals surface area contributed by atoms with Crippen LogP contribution in [-0.2, 0) is 0 Å². The number of benzene rings is 2. The number of hydrogen-bond donors (Lipinski definition) is 0. The summed E-state index contributed by atoms with van der Waals surface area (Å²) in [6, 6.07) is 8.72. The maximum Gasteiger partial charge on any atom is 0.312 e. The van der Waals surface area contributed by atoms with Crippen molar-refractivity contribution < 1.29 is 14.1 Å². The van der Waals surface area contributed by atoms with Crippen LogP contribution in [0.25, 0.3) is 0 Å². The Kier molecular flexibility index (Phi) is 4.16. The summed E-state index contributed by atoms with van der Waals surface area (Å²) in [6.07, 6.45) is 0. The fraction of sp³-hybridized carbons (Fsp3) is 0. The predicted octanol–water partition coefficient (Wildman–Crippen LogP) is 5.05. The van der Waals surface area contributed by atoms with E-state index < -0.39 is 10.7 Å². The maximum atomic E-state index is 13.4. The quantitative estimate of drug-likeness (QED) is 0.544. The molecule has 0 atom stereocenters. The van der Waals surface area contributed by atoms with Gasteiger partial charge in [-0.25, -0.2) is 4.39 Å². The average molecular weight is 391 g/mol. The Labute approximate surface area is 124 Å². The molecule has 0 aliphatic rings. The SMILES string of the molecule is O=[N+]([O-])c1cc(Br)c(F)cc1Oc1ccc(Br)cc1. The van der Waals surface area contributed by atoms with Crippen LogP contribution in [-0.4, -0.2) is 4.92 Å². The summed E-state index contributed by atoms with van der Waals surface area (Å²) in [5, 5.41) is 10.9. The number of rotatable bonds is 3. The van der Waals surface area contributed by atoms with Crippen LogP contribution >= 0.6 is 31.9 Å². The average Bonchev–Trinajstić information content (AvgIpc) is 2.36. The van der Waals surface area contributed by atoms with E-state index in [1.54, 1.807) is 24.3 Å². The second-order valence-electron chi connectivity index (χ2n) is 3.55. The zero-order valence-electron chi connectivity index (χ0n) is 9.27. The molecule has 0 heterocycles. The fourth-order valence-electron chi connectivity index (χ4n) is 1.37. The molecule has 0 saturated carbocycles. The van der Waals surface area contributed by atoms with Crippen molar-refractivity contribution in [1.82, 2.24) is 0 Å². The van der Waals surface area contributed by atoms with Gasteiger partial charge in [0.25, 0.3) is 0 Å². The molecule has 2 aromatic carbocycles. The van der Waals surface area contributed by atoms with E-state index in [-0.39, 0.29) is 15.9 Å². The first kappa shape index (κ1) is 14.0. The second-order valence-corrected chi connectivity index (χ2v) is 5.32. The number of nitrogens with zero attached hydrogens (tertiary/aromatic N) is 1. The standard InChI is InChI=1S/C12H6Br2FNO3/c13-7-1-3-8(4-2-7)19-12-6-10(15)9(14)5-11(12)16(17)18/h1-6H. The minimum atomic E-state index is -0.627. The van der Waals surface area contributed by atoms with Crippen molar-refractivity contribution in [3.8, 4) is 11.5 Å². The molecule has 0 unspecified atom stereocenters. The molecule has 0 N–H and O–H groups in total. The molecule has 0 radical (unpaired) electrons. The van der Waals surface area contributed by atoms with Gasteiger partial charge in [0, 0.05) is 16.6 Å². The molecule has 4 nitrogen and oxygen atoms in total. The molecule has 2 aromatic rings. The summed E-state index contributed by atoms with van der Waals surface area (Å²) in [5.41, 5.74) is -0.309. The third kappa shape index (κ3) is 3.30. The predicted molar refractivity (Wildman–Crippen MR) is 75.0 cm³/mol. The van der Waals surface area contributed by atoms with E-state index in [1.165, 1.54) is 0 Å². The first-order valence-electron chi connectivity index (χ1n) is 5.04. The Bertz CT molecular complexity index is 632. The fourth-order valence-corrected chi connectivity index (χ4v) is 1.97. The van der Waals surface area contributed by atoms with E-state index >= 15 is 0 Å². The number of nitro benzene ring substituents is 1. The van der Waals surface area contributed by atoms with Crippen LogP contribution < -0.4 is 4.74 Å². The first-order chi connectivity index (χ1) is 8.97. The third-order valence-corrected chi connectivity index (χ3v) is 3.38. The van der Waals surface area contributed by atoms with Gasteiger partial charge in [-0.3, -0.25) is 10.1 Å². The van der Waals surface area contributed by atoms with Crippen LogP contribution in [0.4, 0.5) is 10.1 Å². The summed E-state index contributed by atoms with van der Waals surface area (Å²) < 4.78 is 19.6. The minimum Gasteiger partial charge on any atom is -0.450 e. The smallest absolute Gasteiger partial charge is 0.312 e. The molecule has 0 amide bonds. The minimum absolute atomic E-state index is 0.0161. The van der Waals surface area contributed by atoms with Gasteiger partial charge in [-0.2, -0.15) is 0 Å². The Morgan fingerprint density at radius 1 is 1.16 bits per heavy atom. The van der Waals surface area contributed by atoms with Crippen LogP contribution in [0, 0.1) is 15.9 Å². The zero-order chi connectivity index (χ0) is 14.0. The number of hydrogen-bond acceptors (Lipinski definition) is 3. The highest BCUT2D eigenvalue weighted by molar-refractivity contribution is 9.10. The lowest BCUT2D eigenvalue weighted by Crippen LogP contribution is -1.95. The lowest BCUT2D eigenvalue weighted by molar-refractivity contribution is -0.385. The Balaban J connectivity index is 2.41. The van der Waals surface area contributed by atoms with Gasteiger partial charge in [0.05, 0.1) is 9.40 Å². The van der Waals surface area contributed by atoms with E-state index in [9.17, 15) is 14.5 Å². The molecule has 0 aliphatic heterocycles. The van der Waals surface area contributed by atoms with Crippen molar-refractivity contribution in [3.63, 3.8) is 0 Å². The Morgan fingerprint density at radius 3 is 2.37 bits per heavy atom. The highest BCUT2D eigenvalue weighted by atomic mass is 79.9. The van der Waals surface area contributed by atoms with Gasteiger partial charge in [0.15, 0.2) is 0 Å². The molecule has 7 heteroatoms. The summed E-state index contributed by atoms with van der Waals surface area (Å²) in [5.74, 6) is -0.390. The lowest BCUT2D eigenvalue weighted by Gasteiger charge is -2.07. The molecule has 2 rings (SSSR count). The number of ether oxygens (including phenoxy) is 1. The molecule has 19 heavy (non-hydrogen) atoms. The molecule has 0 saturated heterocycles. The van der Waals surface area contributed by atoms with E-state index in [2.05, 4.69) is 31.9 Å². The van der Waals surface area contributed by atoms with Crippen molar-refractivity contribution >= 4 is 37.5 Å². The number of nitro groups is 1. The van der Waals surface area contributed by atoms with Crippen LogP contribution in [0.1, 0.15) is 0 Å². The van der Waals surface area contributed by atoms with Gasteiger partial charge in [0.1, 0.15) is 11.6 Å². The van der Waals surface area contributed by atoms with Crippen LogP contribution in [0.2, 0.25) is 0 Å². The topological polar surface area (TPSA) is 52.4 Å². The highest BCUT2D eigenvalue weighted by Gasteiger charge is 2.19. The molecule has 0 aliphatic carbocycles. The summed E-state index contributed by atoms with van der Waals surface area (Å²) in [7, 11) is 0. The molecular weight excluding hydrogens is 385 g/mol. The summed E-state index contributed by atoms with van der Waals surface area (Å²) in [4.78, 5) is 10.3. The van der Waals surface area contributed by atoms with Crippen molar-refractivity contribution in [3.05, 3.63) is 61.3 Å². The Morgan fingerprint density at radius 2 is 1.79 bits per heavy atom. The van der Waals surface area contributed by atoms with Gasteiger partial charge >= 0.3 is 5.69 Å². The second kappa shape index (κ2) is 5.66. The molecule has 0 bridgehead atoms. The van der Waals surface area contributed by atoms with E-state index in [4.69, 9.17) is 4.74 Å². The molecule has 98 valence electrons. The van der Waals surface area contributed by atoms with Gasteiger partial charge in [-0.15, -0.1) is 0 Å². The lowest BCUT2D eigenvalue weighted by atomic mass is 10.3. The summed E-state index contributed by atoms with van der Waals surface area (Å²) in [6.45, 7) is 0. The van der Waals surface area contributed by atoms with Crippen molar-refractivity contribution in [2.45, 2.75) is 0 Å². The highest BCUT2D eigenvalue weighted by Crippen LogP contribution is 2.35. The van der Waals surface area contributed by atoms with Crippen molar-refractivity contribution in [2.24, 2.45) is 0 Å². The van der Waals surface area contributed by atoms with Gasteiger partial charge in [-0.05, 0) is 40.2 Å². The summed E-state index contributed by atoms with van der Waals surface area (Å²) >= 11 is 6.16. The van der Waals surface area contributed by atoms with Crippen LogP contribution in [0.3, 0.4) is 0 Å². The Hall–Kier alpha value is -1.47. The van der Waals surface area contributed by atoms with Gasteiger partial charge < -0.3 is 4.74 Å². The van der Waals surface area contributed by atoms with Crippen LogP contribution in [0.15, 0.2) is 45.3 Å². The number of halogens is 3. The van der Waals surface area contributed by atoms with Gasteiger partial charge in [0.2, 0.25) is 5.75 Å². The monoisotopic (exact) mass is 389 g/mol. The van der Waals surface area contributed by atoms with Gasteiger partial charge in [-0.1, -0.05) is 15.9 Å². The molecule has 0 fully saturated rings. The largest absolute Gasteiger partial charge is 0.450 e. The van der Waals surface area contributed by atoms with Crippen molar-refractivity contribution in [2.75, 3.05) is 0 Å². The van der Waals surface area contributed by atoms with Crippen LogP contribution in [0.5, 0.6) is 11.5 Å². The van der Waals surface area contributed by atoms with E-state index in [1.807, 2.05) is 0 Å². The van der Waals surface area contributed by atoms with E-state index in [0.717, 1.165) is 16.6 Å². The third-order valence-electron chi connectivity index (χ3n) is 2.24. The van der Waals surface area contributed by atoms with E-state index in [0.29, 0.717) is 5.75 Å². The zero-order valence-corrected chi connectivity index (χ0v) is 12.4. The first-order valence-corrected chi connectivity index (χ1v) is 6.63. The molecular formula is C12H6Br2FNO3. The molecule has 0 aromatic heterocycles. The maximum absolute atomic E-state index is 13.4. The normalized spacial score (nSPS) is 10.3.